The largest absolute Gasteiger partial charge is 0.472 e. The number of hydrogen-bond acceptors (Lipinski definition) is 5. The third kappa shape index (κ3) is 5.95. The molecule has 2 N–H and O–H groups in total. The van der Waals surface area contributed by atoms with E-state index in [0.717, 1.165) is 65.9 Å². The van der Waals surface area contributed by atoms with E-state index in [2.05, 4.69) is 47.0 Å². The summed E-state index contributed by atoms with van der Waals surface area (Å²) in [5.74, 6) is 1.44. The van der Waals surface area contributed by atoms with E-state index in [0.29, 0.717) is 26.0 Å². The van der Waals surface area contributed by atoms with Crippen LogP contribution in [0.15, 0.2) is 71.5 Å². The van der Waals surface area contributed by atoms with Gasteiger partial charge in [0.05, 0.1) is 23.6 Å². The number of nitrogens with two attached hydrogens (primary N) is 1. The number of ether oxygens (including phenoxy) is 1. The van der Waals surface area contributed by atoms with Gasteiger partial charge in [-0.1, -0.05) is 36.4 Å². The van der Waals surface area contributed by atoms with E-state index in [9.17, 15) is 4.79 Å². The quantitative estimate of drug-likeness (QED) is 0.310. The van der Waals surface area contributed by atoms with E-state index >= 15 is 0 Å². The number of likely N-dealkylation sites (tertiary alicyclic amines) is 1. The van der Waals surface area contributed by atoms with Crippen LogP contribution in [-0.2, 0) is 22.5 Å². The van der Waals surface area contributed by atoms with Gasteiger partial charge in [-0.2, -0.15) is 0 Å². The number of methoxy groups -OCH3 is 1. The van der Waals surface area contributed by atoms with E-state index < -0.39 is 0 Å². The number of aryl methyl sites for hydroxylation is 1. The number of imidazole rings is 1. The average Bonchev–Trinajstić information content (AvgIpc) is 3.58. The average molecular weight is 501 g/mol. The summed E-state index contributed by atoms with van der Waals surface area (Å²) in [5.41, 5.74) is 11.9. The number of carbonyl (C=O) groups excluding carboxylic acids is 1. The highest BCUT2D eigenvalue weighted by Crippen LogP contribution is 2.30. The summed E-state index contributed by atoms with van der Waals surface area (Å²) in [4.78, 5) is 20.2. The van der Waals surface area contributed by atoms with Gasteiger partial charge in [0.2, 0.25) is 5.91 Å². The molecule has 1 amide bonds. The minimum absolute atomic E-state index is 0.134. The maximum absolute atomic E-state index is 13.2. The molecule has 7 nitrogen and oxygen atoms in total. The SMILES string of the molecule is COCCCn1c([C@@H]2CCCN(C(=O)C[C@H](N)Cc3ccc(-c4ccoc4)cc3)C2)nc2ccccc21. The van der Waals surface area contributed by atoms with Crippen molar-refractivity contribution in [1.82, 2.24) is 14.5 Å². The first-order valence-electron chi connectivity index (χ1n) is 13.2. The predicted molar refractivity (Wildman–Crippen MR) is 145 cm³/mol. The lowest BCUT2D eigenvalue weighted by atomic mass is 9.95. The van der Waals surface area contributed by atoms with Gasteiger partial charge in [0.25, 0.3) is 0 Å². The number of fused-ring (bicyclic) bond motifs is 1. The Labute approximate surface area is 218 Å². The van der Waals surface area contributed by atoms with Crippen molar-refractivity contribution in [2.75, 3.05) is 26.8 Å². The van der Waals surface area contributed by atoms with Gasteiger partial charge in [-0.3, -0.25) is 4.79 Å². The maximum atomic E-state index is 13.2. The van der Waals surface area contributed by atoms with Crippen LogP contribution in [0, 0.1) is 0 Å². The summed E-state index contributed by atoms with van der Waals surface area (Å²) in [6.07, 6.45) is 7.36. The molecule has 37 heavy (non-hydrogen) atoms. The molecule has 2 aromatic carbocycles. The predicted octanol–water partition coefficient (Wildman–Crippen LogP) is 5.00. The first kappa shape index (κ1) is 25.2. The van der Waals surface area contributed by atoms with Crippen molar-refractivity contribution in [3.63, 3.8) is 0 Å². The summed E-state index contributed by atoms with van der Waals surface area (Å²) in [5, 5.41) is 0. The number of rotatable bonds is 10. The van der Waals surface area contributed by atoms with Crippen molar-refractivity contribution in [2.24, 2.45) is 5.73 Å². The van der Waals surface area contributed by atoms with E-state index in [1.54, 1.807) is 19.6 Å². The number of aromatic nitrogens is 2. The van der Waals surface area contributed by atoms with Gasteiger partial charge in [0.15, 0.2) is 0 Å². The van der Waals surface area contributed by atoms with Crippen molar-refractivity contribution in [2.45, 2.75) is 50.6 Å². The molecule has 2 atom stereocenters. The van der Waals surface area contributed by atoms with E-state index in [1.807, 2.05) is 17.0 Å². The summed E-state index contributed by atoms with van der Waals surface area (Å²) >= 11 is 0. The van der Waals surface area contributed by atoms with Gasteiger partial charge in [-0.15, -0.1) is 0 Å². The number of nitrogens with zero attached hydrogens (tertiary/aromatic N) is 3. The Morgan fingerprint density at radius 2 is 2.00 bits per heavy atom. The Hall–Kier alpha value is -3.42. The molecule has 7 heteroatoms. The fraction of sp³-hybridized carbons (Fsp3) is 0.400. The number of hydrogen-bond donors (Lipinski definition) is 1. The van der Waals surface area contributed by atoms with Crippen LogP contribution in [0.1, 0.15) is 43.0 Å². The molecule has 4 aromatic rings. The molecule has 2 aromatic heterocycles. The third-order valence-electron chi connectivity index (χ3n) is 7.30. The lowest BCUT2D eigenvalue weighted by molar-refractivity contribution is -0.132. The summed E-state index contributed by atoms with van der Waals surface area (Å²) in [7, 11) is 1.73. The topological polar surface area (TPSA) is 86.5 Å². The molecule has 0 saturated carbocycles. The van der Waals surface area contributed by atoms with Crippen molar-refractivity contribution < 1.29 is 13.9 Å². The lowest BCUT2D eigenvalue weighted by Crippen LogP contribution is -2.42. The third-order valence-corrected chi connectivity index (χ3v) is 7.30. The molecular formula is C30H36N4O3. The molecule has 1 fully saturated rings. The van der Waals surface area contributed by atoms with Crippen LogP contribution >= 0.6 is 0 Å². The second-order valence-electron chi connectivity index (χ2n) is 10.0. The van der Waals surface area contributed by atoms with Crippen LogP contribution in [0.3, 0.4) is 0 Å². The van der Waals surface area contributed by atoms with Crippen LogP contribution in [0.2, 0.25) is 0 Å². The Morgan fingerprint density at radius 1 is 1.16 bits per heavy atom. The number of para-hydroxylation sites is 2. The molecule has 1 aliphatic heterocycles. The molecule has 0 unspecified atom stereocenters. The number of benzene rings is 2. The normalized spacial score (nSPS) is 16.8. The Balaban J connectivity index is 1.22. The summed E-state index contributed by atoms with van der Waals surface area (Å²) < 4.78 is 12.8. The highest BCUT2D eigenvalue weighted by molar-refractivity contribution is 5.78. The molecule has 0 aliphatic carbocycles. The van der Waals surface area contributed by atoms with Gasteiger partial charge in [0, 0.05) is 57.3 Å². The number of amides is 1. The molecule has 0 bridgehead atoms. The standard InChI is InChI=1S/C30H36N4O3/c1-36-16-5-15-34-28-8-3-2-7-27(28)32-30(34)24-6-4-14-33(20-24)29(35)19-26(31)18-22-9-11-23(12-10-22)25-13-17-37-21-25/h2-3,7-13,17,21,24,26H,4-6,14-16,18-20,31H2,1H3/t24-,26-/m1/s1. The molecule has 194 valence electrons. The van der Waals surface area contributed by atoms with Gasteiger partial charge in [0.1, 0.15) is 5.82 Å². The van der Waals surface area contributed by atoms with E-state index in [1.165, 1.54) is 0 Å². The van der Waals surface area contributed by atoms with E-state index in [4.69, 9.17) is 19.9 Å². The van der Waals surface area contributed by atoms with Gasteiger partial charge in [-0.25, -0.2) is 4.98 Å². The second-order valence-corrected chi connectivity index (χ2v) is 10.0. The van der Waals surface area contributed by atoms with Gasteiger partial charge < -0.3 is 24.4 Å². The lowest BCUT2D eigenvalue weighted by Gasteiger charge is -2.33. The van der Waals surface area contributed by atoms with Crippen molar-refractivity contribution >= 4 is 16.9 Å². The Kier molecular flexibility index (Phi) is 8.02. The minimum Gasteiger partial charge on any atom is -0.472 e. The summed E-state index contributed by atoms with van der Waals surface area (Å²) in [6, 6.07) is 18.3. The minimum atomic E-state index is -0.216. The van der Waals surface area contributed by atoms with Crippen molar-refractivity contribution in [3.8, 4) is 11.1 Å². The highest BCUT2D eigenvalue weighted by atomic mass is 16.5. The smallest absolute Gasteiger partial charge is 0.224 e. The van der Waals surface area contributed by atoms with Crippen LogP contribution in [-0.4, -0.2) is 53.2 Å². The molecule has 5 rings (SSSR count). The zero-order valence-corrected chi connectivity index (χ0v) is 21.5. The van der Waals surface area contributed by atoms with Gasteiger partial charge in [-0.05, 0) is 55.0 Å². The fourth-order valence-corrected chi connectivity index (χ4v) is 5.41. The molecule has 0 spiro atoms. The molecule has 3 heterocycles. The first-order valence-corrected chi connectivity index (χ1v) is 13.2. The van der Waals surface area contributed by atoms with Crippen LogP contribution in [0.25, 0.3) is 22.2 Å². The zero-order valence-electron chi connectivity index (χ0n) is 21.5. The maximum Gasteiger partial charge on any atom is 0.224 e. The Bertz CT molecular complexity index is 1300. The highest BCUT2D eigenvalue weighted by Gasteiger charge is 2.29. The number of carbonyl (C=O) groups is 1. The number of furan rings is 1. The van der Waals surface area contributed by atoms with E-state index in [-0.39, 0.29) is 17.9 Å². The molecule has 1 saturated heterocycles. The first-order chi connectivity index (χ1) is 18.1. The van der Waals surface area contributed by atoms with Crippen LogP contribution in [0.4, 0.5) is 0 Å². The zero-order chi connectivity index (χ0) is 25.6. The fourth-order valence-electron chi connectivity index (χ4n) is 5.41. The van der Waals surface area contributed by atoms with Gasteiger partial charge >= 0.3 is 0 Å². The molecular weight excluding hydrogens is 464 g/mol. The number of piperidine rings is 1. The van der Waals surface area contributed by atoms with Crippen molar-refractivity contribution in [3.05, 3.63) is 78.5 Å². The second kappa shape index (κ2) is 11.8. The summed E-state index contributed by atoms with van der Waals surface area (Å²) in [6.45, 7) is 3.05. The Morgan fingerprint density at radius 3 is 2.78 bits per heavy atom. The van der Waals surface area contributed by atoms with Crippen LogP contribution < -0.4 is 5.73 Å². The monoisotopic (exact) mass is 500 g/mol. The molecule has 1 aliphatic rings. The van der Waals surface area contributed by atoms with Crippen molar-refractivity contribution in [1.29, 1.82) is 0 Å². The molecule has 0 radical (unpaired) electrons. The van der Waals surface area contributed by atoms with Crippen LogP contribution in [0.5, 0.6) is 0 Å².